The number of amides is 1. The second-order valence-electron chi connectivity index (χ2n) is 4.65. The largest absolute Gasteiger partial charge is 0.481 e. The molecule has 1 aromatic rings. The molecule has 0 aliphatic carbocycles. The second-order valence-corrected chi connectivity index (χ2v) is 4.65. The van der Waals surface area contributed by atoms with Crippen LogP contribution in [-0.2, 0) is 9.59 Å². The van der Waals surface area contributed by atoms with E-state index in [-0.39, 0.29) is 18.9 Å². The first kappa shape index (κ1) is 15.2. The summed E-state index contributed by atoms with van der Waals surface area (Å²) in [5.41, 5.74) is 1.92. The summed E-state index contributed by atoms with van der Waals surface area (Å²) in [6, 6.07) is 7.59. The van der Waals surface area contributed by atoms with E-state index in [1.165, 1.54) is 0 Å². The highest BCUT2D eigenvalue weighted by atomic mass is 16.4. The minimum atomic E-state index is -0.808. The van der Waals surface area contributed by atoms with Crippen LogP contribution in [0.25, 0.3) is 0 Å². The van der Waals surface area contributed by atoms with Gasteiger partial charge in [-0.25, -0.2) is 0 Å². The fourth-order valence-corrected chi connectivity index (χ4v) is 1.66. The lowest BCUT2D eigenvalue weighted by Gasteiger charge is -2.15. The number of nitrogens with zero attached hydrogens (tertiary/aromatic N) is 1. The Hall–Kier alpha value is -1.88. The van der Waals surface area contributed by atoms with Crippen molar-refractivity contribution in [2.45, 2.75) is 19.8 Å². The summed E-state index contributed by atoms with van der Waals surface area (Å²) in [5.74, 6) is -0.904. The van der Waals surface area contributed by atoms with Crippen molar-refractivity contribution >= 4 is 17.6 Å². The highest BCUT2D eigenvalue weighted by Crippen LogP contribution is 2.08. The first-order valence-corrected chi connectivity index (χ1v) is 6.24. The lowest BCUT2D eigenvalue weighted by Crippen LogP contribution is -2.31. The Bertz CT molecular complexity index is 429. The maximum atomic E-state index is 11.7. The van der Waals surface area contributed by atoms with Gasteiger partial charge in [-0.15, -0.1) is 0 Å². The molecule has 5 heteroatoms. The number of rotatable bonds is 7. The second kappa shape index (κ2) is 7.53. The summed E-state index contributed by atoms with van der Waals surface area (Å²) in [5, 5.41) is 11.3. The van der Waals surface area contributed by atoms with Crippen LogP contribution in [0.15, 0.2) is 24.3 Å². The molecule has 1 aromatic carbocycles. The van der Waals surface area contributed by atoms with E-state index in [1.807, 2.05) is 36.1 Å². The van der Waals surface area contributed by atoms with Crippen LogP contribution in [0.2, 0.25) is 0 Å². The van der Waals surface area contributed by atoms with Crippen molar-refractivity contribution in [3.63, 3.8) is 0 Å². The van der Waals surface area contributed by atoms with Crippen molar-refractivity contribution in [2.75, 3.05) is 25.5 Å². The van der Waals surface area contributed by atoms with Crippen LogP contribution in [0, 0.1) is 6.92 Å². The number of carboxylic acids is 1. The fourth-order valence-electron chi connectivity index (χ4n) is 1.66. The van der Waals surface area contributed by atoms with Gasteiger partial charge in [0.25, 0.3) is 0 Å². The Balaban J connectivity index is 2.30. The number of likely N-dealkylation sites (N-methyl/N-ethyl adjacent to an activating group) is 1. The van der Waals surface area contributed by atoms with E-state index in [1.54, 1.807) is 7.05 Å². The van der Waals surface area contributed by atoms with Gasteiger partial charge in [-0.2, -0.15) is 0 Å². The zero-order valence-electron chi connectivity index (χ0n) is 11.3. The molecule has 1 rings (SSSR count). The molecule has 5 nitrogen and oxygen atoms in total. The smallest absolute Gasteiger partial charge is 0.303 e. The van der Waals surface area contributed by atoms with E-state index in [2.05, 4.69) is 5.32 Å². The van der Waals surface area contributed by atoms with Crippen molar-refractivity contribution in [1.82, 2.24) is 4.90 Å². The van der Waals surface area contributed by atoms with Crippen LogP contribution in [0.3, 0.4) is 0 Å². The van der Waals surface area contributed by atoms with Crippen molar-refractivity contribution < 1.29 is 14.7 Å². The molecule has 2 N–H and O–H groups in total. The summed E-state index contributed by atoms with van der Waals surface area (Å²) >= 11 is 0. The monoisotopic (exact) mass is 264 g/mol. The van der Waals surface area contributed by atoms with E-state index < -0.39 is 5.97 Å². The number of carboxylic acid groups (broad SMARTS) is 1. The Kier molecular flexibility index (Phi) is 6.02. The van der Waals surface area contributed by atoms with E-state index in [9.17, 15) is 9.59 Å². The van der Waals surface area contributed by atoms with Gasteiger partial charge in [0.1, 0.15) is 0 Å². The number of carbonyl (C=O) groups is 2. The lowest BCUT2D eigenvalue weighted by atomic mass is 10.2. The Labute approximate surface area is 113 Å². The lowest BCUT2D eigenvalue weighted by molar-refractivity contribution is -0.137. The fraction of sp³-hybridized carbons (Fsp3) is 0.429. The molecule has 0 heterocycles. The number of benzene rings is 1. The van der Waals surface area contributed by atoms with Crippen LogP contribution in [-0.4, -0.2) is 42.0 Å². The third-order valence-corrected chi connectivity index (χ3v) is 2.68. The number of carbonyl (C=O) groups excluding carboxylic acids is 1. The van der Waals surface area contributed by atoms with Gasteiger partial charge in [-0.3, -0.25) is 14.5 Å². The predicted molar refractivity (Wildman–Crippen MR) is 74.2 cm³/mol. The number of hydrogen-bond donors (Lipinski definition) is 2. The third kappa shape index (κ3) is 6.57. The maximum absolute atomic E-state index is 11.7. The SMILES string of the molecule is Cc1ccc(NC(=O)CN(C)CCCC(=O)O)cc1. The third-order valence-electron chi connectivity index (χ3n) is 2.68. The first-order chi connectivity index (χ1) is 8.97. The van der Waals surface area contributed by atoms with Gasteiger partial charge >= 0.3 is 5.97 Å². The van der Waals surface area contributed by atoms with Gasteiger partial charge in [0.2, 0.25) is 5.91 Å². The Morgan fingerprint density at radius 2 is 1.89 bits per heavy atom. The van der Waals surface area contributed by atoms with E-state index >= 15 is 0 Å². The van der Waals surface area contributed by atoms with Crippen molar-refractivity contribution in [3.05, 3.63) is 29.8 Å². The molecule has 0 fully saturated rings. The number of nitrogens with one attached hydrogen (secondary N) is 1. The molecule has 0 unspecified atom stereocenters. The number of hydrogen-bond acceptors (Lipinski definition) is 3. The molecule has 19 heavy (non-hydrogen) atoms. The molecule has 0 aliphatic heterocycles. The average Bonchev–Trinajstić information content (AvgIpc) is 2.31. The molecular weight excluding hydrogens is 244 g/mol. The van der Waals surface area contributed by atoms with Crippen molar-refractivity contribution in [1.29, 1.82) is 0 Å². The van der Waals surface area contributed by atoms with Crippen LogP contribution in [0.1, 0.15) is 18.4 Å². The normalized spacial score (nSPS) is 10.5. The quantitative estimate of drug-likeness (QED) is 0.787. The van der Waals surface area contributed by atoms with Gasteiger partial charge in [0.15, 0.2) is 0 Å². The maximum Gasteiger partial charge on any atom is 0.303 e. The number of anilines is 1. The molecule has 0 saturated carbocycles. The molecule has 0 saturated heterocycles. The summed E-state index contributed by atoms with van der Waals surface area (Å²) in [6.45, 7) is 2.84. The molecule has 0 aliphatic rings. The number of aliphatic carboxylic acids is 1. The van der Waals surface area contributed by atoms with E-state index in [0.29, 0.717) is 13.0 Å². The molecule has 0 bridgehead atoms. The Morgan fingerprint density at radius 3 is 2.47 bits per heavy atom. The van der Waals surface area contributed by atoms with Gasteiger partial charge in [0.05, 0.1) is 6.54 Å². The van der Waals surface area contributed by atoms with Gasteiger partial charge < -0.3 is 10.4 Å². The van der Waals surface area contributed by atoms with Gasteiger partial charge in [0, 0.05) is 12.1 Å². The highest BCUT2D eigenvalue weighted by molar-refractivity contribution is 5.92. The summed E-state index contributed by atoms with van der Waals surface area (Å²) in [4.78, 5) is 23.9. The molecule has 0 spiro atoms. The molecular formula is C14H20N2O3. The average molecular weight is 264 g/mol. The Morgan fingerprint density at radius 1 is 1.26 bits per heavy atom. The zero-order chi connectivity index (χ0) is 14.3. The van der Waals surface area contributed by atoms with Crippen LogP contribution in [0.4, 0.5) is 5.69 Å². The highest BCUT2D eigenvalue weighted by Gasteiger charge is 2.07. The summed E-state index contributed by atoms with van der Waals surface area (Å²) < 4.78 is 0. The molecule has 0 atom stereocenters. The molecule has 104 valence electrons. The first-order valence-electron chi connectivity index (χ1n) is 6.24. The van der Waals surface area contributed by atoms with Crippen molar-refractivity contribution in [2.24, 2.45) is 0 Å². The summed E-state index contributed by atoms with van der Waals surface area (Å²) in [6.07, 6.45) is 0.674. The zero-order valence-corrected chi connectivity index (χ0v) is 11.3. The topological polar surface area (TPSA) is 69.6 Å². The standard InChI is InChI=1S/C14H20N2O3/c1-11-5-7-12(8-6-11)15-13(17)10-16(2)9-3-4-14(18)19/h5-8H,3-4,9-10H2,1-2H3,(H,15,17)(H,18,19). The van der Waals surface area contributed by atoms with E-state index in [0.717, 1.165) is 11.3 Å². The van der Waals surface area contributed by atoms with Crippen LogP contribution < -0.4 is 5.32 Å². The van der Waals surface area contributed by atoms with Crippen LogP contribution in [0.5, 0.6) is 0 Å². The van der Waals surface area contributed by atoms with Gasteiger partial charge in [-0.05, 0) is 39.1 Å². The molecule has 0 radical (unpaired) electrons. The minimum absolute atomic E-state index is 0.0957. The summed E-state index contributed by atoms with van der Waals surface area (Å²) in [7, 11) is 1.80. The minimum Gasteiger partial charge on any atom is -0.481 e. The van der Waals surface area contributed by atoms with Crippen LogP contribution >= 0.6 is 0 Å². The predicted octanol–water partition coefficient (Wildman–Crippen LogP) is 1.73. The molecule has 0 aromatic heterocycles. The molecule has 1 amide bonds. The van der Waals surface area contributed by atoms with E-state index in [4.69, 9.17) is 5.11 Å². The van der Waals surface area contributed by atoms with Gasteiger partial charge in [-0.1, -0.05) is 17.7 Å². The number of aryl methyl sites for hydroxylation is 1. The van der Waals surface area contributed by atoms with Crippen molar-refractivity contribution in [3.8, 4) is 0 Å².